The largest absolute Gasteiger partial charge is 0.480 e. The second-order valence-corrected chi connectivity index (χ2v) is 10.1. The summed E-state index contributed by atoms with van der Waals surface area (Å²) >= 11 is 0. The summed E-state index contributed by atoms with van der Waals surface area (Å²) in [5.41, 5.74) is 1.52. The molecule has 2 fully saturated rings. The van der Waals surface area contributed by atoms with Crippen LogP contribution in [0.3, 0.4) is 0 Å². The van der Waals surface area contributed by atoms with Crippen LogP contribution in [0.25, 0.3) is 0 Å². The highest BCUT2D eigenvalue weighted by molar-refractivity contribution is 5.87. The average molecular weight is 362 g/mol. The minimum atomic E-state index is -0.971. The number of carbonyl (C=O) groups excluding carboxylic acids is 1. The molecule has 0 saturated heterocycles. The van der Waals surface area contributed by atoms with Crippen LogP contribution < -0.4 is 5.32 Å². The minimum Gasteiger partial charge on any atom is -0.480 e. The maximum absolute atomic E-state index is 13.1. The maximum atomic E-state index is 13.1. The Hall–Kier alpha value is -1.32. The number of fused-ring (bicyclic) bond motifs is 3. The Labute approximate surface area is 157 Å². The molecule has 0 heterocycles. The number of hydrogen-bond donors (Lipinski definition) is 2. The highest BCUT2D eigenvalue weighted by atomic mass is 16.4. The van der Waals surface area contributed by atoms with E-state index in [0.29, 0.717) is 17.3 Å². The Morgan fingerprint density at radius 2 is 1.85 bits per heavy atom. The molecule has 3 aliphatic carbocycles. The number of carbonyl (C=O) groups is 2. The number of aliphatic carboxylic acids is 1. The van der Waals surface area contributed by atoms with Gasteiger partial charge in [-0.3, -0.25) is 9.59 Å². The van der Waals surface area contributed by atoms with Gasteiger partial charge in [0.1, 0.15) is 6.04 Å². The van der Waals surface area contributed by atoms with E-state index in [-0.39, 0.29) is 11.3 Å². The van der Waals surface area contributed by atoms with Crippen molar-refractivity contribution in [2.24, 2.45) is 28.1 Å². The van der Waals surface area contributed by atoms with Crippen LogP contribution in [0, 0.1) is 28.1 Å². The van der Waals surface area contributed by atoms with E-state index in [0.717, 1.165) is 38.5 Å². The third-order valence-electron chi connectivity index (χ3n) is 8.04. The second kappa shape index (κ2) is 6.38. The molecule has 0 aromatic rings. The highest BCUT2D eigenvalue weighted by Gasteiger charge is 2.58. The summed E-state index contributed by atoms with van der Waals surface area (Å²) < 4.78 is 0. The van der Waals surface area contributed by atoms with E-state index in [4.69, 9.17) is 0 Å². The Morgan fingerprint density at radius 1 is 1.15 bits per heavy atom. The predicted octanol–water partition coefficient (Wildman–Crippen LogP) is 4.54. The molecule has 3 rings (SSSR count). The van der Waals surface area contributed by atoms with Gasteiger partial charge in [-0.2, -0.15) is 0 Å². The first-order valence-electron chi connectivity index (χ1n) is 10.3. The minimum absolute atomic E-state index is 0.0669. The van der Waals surface area contributed by atoms with E-state index < -0.39 is 17.4 Å². The predicted molar refractivity (Wildman–Crippen MR) is 103 cm³/mol. The van der Waals surface area contributed by atoms with Crippen molar-refractivity contribution >= 4 is 11.9 Å². The monoisotopic (exact) mass is 361 g/mol. The molecule has 1 amide bonds. The fourth-order valence-corrected chi connectivity index (χ4v) is 6.40. The summed E-state index contributed by atoms with van der Waals surface area (Å²) in [5, 5.41) is 12.0. The number of nitrogens with one attached hydrogen (secondary N) is 1. The van der Waals surface area contributed by atoms with Crippen LogP contribution in [-0.2, 0) is 9.59 Å². The number of allylic oxidation sites excluding steroid dienone is 2. The first-order valence-corrected chi connectivity index (χ1v) is 10.3. The smallest absolute Gasteiger partial charge is 0.325 e. The zero-order chi connectivity index (χ0) is 19.3. The highest BCUT2D eigenvalue weighted by Crippen LogP contribution is 2.64. The van der Waals surface area contributed by atoms with E-state index in [1.165, 1.54) is 6.42 Å². The van der Waals surface area contributed by atoms with E-state index in [1.54, 1.807) is 12.5 Å². The van der Waals surface area contributed by atoms with Crippen molar-refractivity contribution in [3.8, 4) is 0 Å². The van der Waals surface area contributed by atoms with Crippen molar-refractivity contribution in [3.05, 3.63) is 11.6 Å². The fraction of sp³-hybridized carbons (Fsp3) is 0.818. The summed E-state index contributed by atoms with van der Waals surface area (Å²) in [5.74, 6) is -0.125. The fourth-order valence-electron chi connectivity index (χ4n) is 6.40. The number of carboxylic acids is 1. The van der Waals surface area contributed by atoms with Crippen LogP contribution in [0.2, 0.25) is 0 Å². The Kier molecular flexibility index (Phi) is 4.77. The molecule has 26 heavy (non-hydrogen) atoms. The van der Waals surface area contributed by atoms with E-state index >= 15 is 0 Å². The average Bonchev–Trinajstić information content (AvgIpc) is 2.54. The van der Waals surface area contributed by atoms with Gasteiger partial charge >= 0.3 is 5.97 Å². The molecule has 0 spiro atoms. The van der Waals surface area contributed by atoms with Crippen molar-refractivity contribution in [2.45, 2.75) is 85.6 Å². The van der Waals surface area contributed by atoms with Crippen LogP contribution in [-0.4, -0.2) is 23.0 Å². The molecule has 2 unspecified atom stereocenters. The Morgan fingerprint density at radius 3 is 2.50 bits per heavy atom. The number of carboxylic acid groups (broad SMARTS) is 1. The Bertz CT molecular complexity index is 637. The van der Waals surface area contributed by atoms with Crippen LogP contribution in [0.15, 0.2) is 11.6 Å². The summed E-state index contributed by atoms with van der Waals surface area (Å²) in [4.78, 5) is 24.3. The molecule has 0 radical (unpaired) electrons. The van der Waals surface area contributed by atoms with E-state index in [2.05, 4.69) is 39.1 Å². The van der Waals surface area contributed by atoms with E-state index in [1.807, 2.05) is 0 Å². The SMILES string of the molecule is C[C@H](NC(=O)[C@]1(C)CCC[C@@]2(C)C3=CCCC(C)(C)C3CCC12)C(=O)O. The van der Waals surface area contributed by atoms with Crippen molar-refractivity contribution < 1.29 is 14.7 Å². The molecule has 0 aromatic heterocycles. The molecule has 4 heteroatoms. The molecule has 4 nitrogen and oxygen atoms in total. The van der Waals surface area contributed by atoms with Crippen molar-refractivity contribution in [1.82, 2.24) is 5.32 Å². The summed E-state index contributed by atoms with van der Waals surface area (Å²) in [6, 6.07) is -0.836. The molecule has 0 aromatic carbocycles. The van der Waals surface area contributed by atoms with Gasteiger partial charge in [-0.05, 0) is 68.1 Å². The summed E-state index contributed by atoms with van der Waals surface area (Å²) in [6.07, 6.45) is 10.1. The lowest BCUT2D eigenvalue weighted by molar-refractivity contribution is -0.148. The molecule has 0 bridgehead atoms. The lowest BCUT2D eigenvalue weighted by Gasteiger charge is -2.60. The third-order valence-corrected chi connectivity index (χ3v) is 8.04. The first kappa shape index (κ1) is 19.4. The van der Waals surface area contributed by atoms with E-state index in [9.17, 15) is 14.7 Å². The molecule has 5 atom stereocenters. The zero-order valence-corrected chi connectivity index (χ0v) is 17.0. The second-order valence-electron chi connectivity index (χ2n) is 10.1. The van der Waals surface area contributed by atoms with Crippen LogP contribution in [0.5, 0.6) is 0 Å². The number of amides is 1. The summed E-state index contributed by atoms with van der Waals surface area (Å²) in [7, 11) is 0. The molecule has 2 saturated carbocycles. The van der Waals surface area contributed by atoms with Gasteiger partial charge in [0.25, 0.3) is 0 Å². The van der Waals surface area contributed by atoms with Gasteiger partial charge in [-0.1, -0.05) is 45.8 Å². The lowest BCUT2D eigenvalue weighted by atomic mass is 9.44. The van der Waals surface area contributed by atoms with Gasteiger partial charge in [0, 0.05) is 0 Å². The van der Waals surface area contributed by atoms with Gasteiger partial charge in [-0.15, -0.1) is 0 Å². The standard InChI is InChI=1S/C22H35NO3/c1-14(18(24)25)23-19(26)22(5)13-7-12-21(4)16-8-6-11-20(2,3)15(16)9-10-17(21)22/h8,14-15,17H,6-7,9-13H2,1-5H3,(H,23,26)(H,24,25)/t14-,15?,17?,21-,22+/m0/s1. The molecule has 2 N–H and O–H groups in total. The maximum Gasteiger partial charge on any atom is 0.325 e. The summed E-state index contributed by atoms with van der Waals surface area (Å²) in [6.45, 7) is 10.8. The van der Waals surface area contributed by atoms with Crippen LogP contribution in [0.4, 0.5) is 0 Å². The molecular formula is C22H35NO3. The molecule has 146 valence electrons. The van der Waals surface area contributed by atoms with Gasteiger partial charge in [-0.25, -0.2) is 0 Å². The van der Waals surface area contributed by atoms with Gasteiger partial charge in [0.2, 0.25) is 5.91 Å². The van der Waals surface area contributed by atoms with Crippen LogP contribution in [0.1, 0.15) is 79.6 Å². The van der Waals surface area contributed by atoms with Crippen molar-refractivity contribution in [3.63, 3.8) is 0 Å². The van der Waals surface area contributed by atoms with Gasteiger partial charge < -0.3 is 10.4 Å². The molecule has 3 aliphatic rings. The van der Waals surface area contributed by atoms with Gasteiger partial charge in [0.15, 0.2) is 0 Å². The normalized spacial score (nSPS) is 39.8. The number of hydrogen-bond acceptors (Lipinski definition) is 2. The third kappa shape index (κ3) is 2.90. The van der Waals surface area contributed by atoms with Gasteiger partial charge in [0.05, 0.1) is 5.41 Å². The topological polar surface area (TPSA) is 66.4 Å². The molecule has 0 aliphatic heterocycles. The number of rotatable bonds is 3. The van der Waals surface area contributed by atoms with Crippen molar-refractivity contribution in [1.29, 1.82) is 0 Å². The molecular weight excluding hydrogens is 326 g/mol. The first-order chi connectivity index (χ1) is 12.0. The Balaban J connectivity index is 1.92. The quantitative estimate of drug-likeness (QED) is 0.725. The lowest BCUT2D eigenvalue weighted by Crippen LogP contribution is -2.57. The van der Waals surface area contributed by atoms with Crippen LogP contribution >= 0.6 is 0 Å². The van der Waals surface area contributed by atoms with Crippen molar-refractivity contribution in [2.75, 3.05) is 0 Å². The zero-order valence-electron chi connectivity index (χ0n) is 17.0.